The lowest BCUT2D eigenvalue weighted by Gasteiger charge is -2.35. The summed E-state index contributed by atoms with van der Waals surface area (Å²) in [7, 11) is 0. The third-order valence-corrected chi connectivity index (χ3v) is 4.54. The average molecular weight is 288 g/mol. The van der Waals surface area contributed by atoms with Crippen molar-refractivity contribution in [3.05, 3.63) is 0 Å². The standard InChI is InChI=1S/C12H20N2O4S/c1-2-18-9-3-5-13(6-4-9)12(17)14-8-19-7-10(14)11(15)16/h9-10H,2-8H2,1H3,(H,15,16). The maximum atomic E-state index is 12.3. The molecule has 2 fully saturated rings. The lowest BCUT2D eigenvalue weighted by molar-refractivity contribution is -0.141. The molecular formula is C12H20N2O4S. The van der Waals surface area contributed by atoms with Gasteiger partial charge < -0.3 is 19.6 Å². The zero-order chi connectivity index (χ0) is 13.8. The topological polar surface area (TPSA) is 70.1 Å². The summed E-state index contributed by atoms with van der Waals surface area (Å²) >= 11 is 1.49. The van der Waals surface area contributed by atoms with Crippen LogP contribution in [-0.2, 0) is 9.53 Å². The van der Waals surface area contributed by atoms with E-state index in [-0.39, 0.29) is 12.1 Å². The van der Waals surface area contributed by atoms with Gasteiger partial charge in [-0.15, -0.1) is 11.8 Å². The van der Waals surface area contributed by atoms with E-state index in [1.54, 1.807) is 4.90 Å². The Labute approximate surface area is 117 Å². The molecule has 108 valence electrons. The van der Waals surface area contributed by atoms with Crippen molar-refractivity contribution >= 4 is 23.8 Å². The number of amides is 2. The monoisotopic (exact) mass is 288 g/mol. The summed E-state index contributed by atoms with van der Waals surface area (Å²) < 4.78 is 5.55. The SMILES string of the molecule is CCOC1CCN(C(=O)N2CSCC2C(=O)O)CC1. The first-order valence-corrected chi connectivity index (χ1v) is 7.76. The van der Waals surface area contributed by atoms with Gasteiger partial charge in [0, 0.05) is 25.4 Å². The van der Waals surface area contributed by atoms with Gasteiger partial charge in [-0.2, -0.15) is 0 Å². The Balaban J connectivity index is 1.89. The number of thioether (sulfide) groups is 1. The summed E-state index contributed by atoms with van der Waals surface area (Å²) in [5, 5.41) is 9.10. The molecule has 0 spiro atoms. The molecular weight excluding hydrogens is 268 g/mol. The predicted octanol–water partition coefficient (Wildman–Crippen LogP) is 1.07. The van der Waals surface area contributed by atoms with Crippen molar-refractivity contribution in [2.45, 2.75) is 31.9 Å². The van der Waals surface area contributed by atoms with Gasteiger partial charge >= 0.3 is 12.0 Å². The molecule has 19 heavy (non-hydrogen) atoms. The highest BCUT2D eigenvalue weighted by Crippen LogP contribution is 2.24. The summed E-state index contributed by atoms with van der Waals surface area (Å²) in [6, 6.07) is -0.825. The quantitative estimate of drug-likeness (QED) is 0.841. The fraction of sp³-hybridized carbons (Fsp3) is 0.833. The minimum Gasteiger partial charge on any atom is -0.480 e. The maximum Gasteiger partial charge on any atom is 0.327 e. The third-order valence-electron chi connectivity index (χ3n) is 3.53. The number of carbonyl (C=O) groups excluding carboxylic acids is 1. The number of likely N-dealkylation sites (tertiary alicyclic amines) is 1. The highest BCUT2D eigenvalue weighted by atomic mass is 32.2. The Hall–Kier alpha value is -0.950. The van der Waals surface area contributed by atoms with Gasteiger partial charge in [-0.1, -0.05) is 0 Å². The molecule has 2 aliphatic rings. The molecule has 0 aromatic heterocycles. The van der Waals surface area contributed by atoms with E-state index in [9.17, 15) is 9.59 Å². The Bertz CT molecular complexity index is 345. The van der Waals surface area contributed by atoms with Gasteiger partial charge in [0.05, 0.1) is 12.0 Å². The minimum absolute atomic E-state index is 0.146. The zero-order valence-electron chi connectivity index (χ0n) is 11.1. The van der Waals surface area contributed by atoms with Gasteiger partial charge in [0.1, 0.15) is 6.04 Å². The molecule has 0 radical (unpaired) electrons. The summed E-state index contributed by atoms with van der Waals surface area (Å²) in [4.78, 5) is 26.6. The van der Waals surface area contributed by atoms with E-state index in [0.29, 0.717) is 31.3 Å². The molecule has 2 rings (SSSR count). The van der Waals surface area contributed by atoms with Crippen LogP contribution in [0.25, 0.3) is 0 Å². The molecule has 2 amide bonds. The smallest absolute Gasteiger partial charge is 0.327 e. The van der Waals surface area contributed by atoms with Crippen molar-refractivity contribution in [2.24, 2.45) is 0 Å². The van der Waals surface area contributed by atoms with Crippen LogP contribution in [0.2, 0.25) is 0 Å². The number of ether oxygens (including phenoxy) is 1. The van der Waals surface area contributed by atoms with E-state index in [4.69, 9.17) is 9.84 Å². The highest BCUT2D eigenvalue weighted by Gasteiger charge is 2.37. The highest BCUT2D eigenvalue weighted by molar-refractivity contribution is 7.99. The van der Waals surface area contributed by atoms with Crippen molar-refractivity contribution in [2.75, 3.05) is 31.3 Å². The summed E-state index contributed by atoms with van der Waals surface area (Å²) in [6.07, 6.45) is 1.90. The molecule has 6 nitrogen and oxygen atoms in total. The first kappa shape index (κ1) is 14.5. The van der Waals surface area contributed by atoms with E-state index in [0.717, 1.165) is 12.8 Å². The molecule has 0 aromatic rings. The molecule has 7 heteroatoms. The Kier molecular flexibility index (Phi) is 4.93. The van der Waals surface area contributed by atoms with E-state index in [2.05, 4.69) is 0 Å². The van der Waals surface area contributed by atoms with Gasteiger partial charge in [0.25, 0.3) is 0 Å². The Morgan fingerprint density at radius 1 is 1.37 bits per heavy atom. The number of carboxylic acids is 1. The van der Waals surface area contributed by atoms with Gasteiger partial charge in [0.15, 0.2) is 0 Å². The second-order valence-electron chi connectivity index (χ2n) is 4.75. The van der Waals surface area contributed by atoms with Crippen LogP contribution in [0, 0.1) is 0 Å². The van der Waals surface area contributed by atoms with E-state index >= 15 is 0 Å². The van der Waals surface area contributed by atoms with Crippen LogP contribution >= 0.6 is 11.8 Å². The molecule has 0 aromatic carbocycles. The van der Waals surface area contributed by atoms with Gasteiger partial charge in [0.2, 0.25) is 0 Å². The van der Waals surface area contributed by atoms with E-state index in [1.807, 2.05) is 6.92 Å². The fourth-order valence-corrected chi connectivity index (χ4v) is 3.61. The summed E-state index contributed by atoms with van der Waals surface area (Å²) in [6.45, 7) is 3.97. The van der Waals surface area contributed by atoms with Crippen molar-refractivity contribution in [3.63, 3.8) is 0 Å². The second kappa shape index (κ2) is 6.47. The number of urea groups is 1. The second-order valence-corrected chi connectivity index (χ2v) is 5.75. The number of piperidine rings is 1. The van der Waals surface area contributed by atoms with Crippen LogP contribution in [-0.4, -0.2) is 70.4 Å². The largest absolute Gasteiger partial charge is 0.480 e. The zero-order valence-corrected chi connectivity index (χ0v) is 11.9. The van der Waals surface area contributed by atoms with Gasteiger partial charge in [-0.05, 0) is 19.8 Å². The Morgan fingerprint density at radius 2 is 2.05 bits per heavy atom. The molecule has 1 unspecified atom stereocenters. The number of nitrogens with zero attached hydrogens (tertiary/aromatic N) is 2. The molecule has 2 heterocycles. The maximum absolute atomic E-state index is 12.3. The number of hydrogen-bond acceptors (Lipinski definition) is 4. The number of carboxylic acid groups (broad SMARTS) is 1. The van der Waals surface area contributed by atoms with Crippen molar-refractivity contribution in [1.82, 2.24) is 9.80 Å². The van der Waals surface area contributed by atoms with Crippen molar-refractivity contribution < 1.29 is 19.4 Å². The first-order chi connectivity index (χ1) is 9.13. The normalized spacial score (nSPS) is 24.8. The molecule has 1 atom stereocenters. The Morgan fingerprint density at radius 3 is 2.63 bits per heavy atom. The average Bonchev–Trinajstić information content (AvgIpc) is 2.88. The number of aliphatic carboxylic acids is 1. The minimum atomic E-state index is -0.914. The lowest BCUT2D eigenvalue weighted by Crippen LogP contribution is -2.51. The number of rotatable bonds is 3. The van der Waals surface area contributed by atoms with Gasteiger partial charge in [-0.3, -0.25) is 0 Å². The summed E-state index contributed by atoms with van der Waals surface area (Å²) in [5.74, 6) is 0.0417. The molecule has 2 saturated heterocycles. The van der Waals surface area contributed by atoms with Crippen molar-refractivity contribution in [3.8, 4) is 0 Å². The molecule has 0 saturated carbocycles. The van der Waals surface area contributed by atoms with Crippen LogP contribution in [0.5, 0.6) is 0 Å². The molecule has 2 aliphatic heterocycles. The molecule has 0 aliphatic carbocycles. The lowest BCUT2D eigenvalue weighted by atomic mass is 10.1. The van der Waals surface area contributed by atoms with E-state index in [1.165, 1.54) is 16.7 Å². The van der Waals surface area contributed by atoms with Crippen LogP contribution in [0.15, 0.2) is 0 Å². The summed E-state index contributed by atoms with van der Waals surface area (Å²) in [5.41, 5.74) is 0. The predicted molar refractivity (Wildman–Crippen MR) is 72.2 cm³/mol. The van der Waals surface area contributed by atoms with Crippen LogP contribution in [0.3, 0.4) is 0 Å². The third kappa shape index (κ3) is 3.33. The van der Waals surface area contributed by atoms with Crippen LogP contribution in [0.4, 0.5) is 4.79 Å². The van der Waals surface area contributed by atoms with Crippen LogP contribution in [0.1, 0.15) is 19.8 Å². The van der Waals surface area contributed by atoms with Crippen LogP contribution < -0.4 is 0 Å². The van der Waals surface area contributed by atoms with Gasteiger partial charge in [-0.25, -0.2) is 9.59 Å². The fourth-order valence-electron chi connectivity index (χ4n) is 2.47. The number of carbonyl (C=O) groups is 2. The molecule has 1 N–H and O–H groups in total. The number of hydrogen-bond donors (Lipinski definition) is 1. The van der Waals surface area contributed by atoms with E-state index < -0.39 is 12.0 Å². The first-order valence-electron chi connectivity index (χ1n) is 6.61. The molecule has 0 bridgehead atoms. The van der Waals surface area contributed by atoms with Crippen molar-refractivity contribution in [1.29, 1.82) is 0 Å².